The molecule has 0 aromatic heterocycles. The lowest BCUT2D eigenvalue weighted by atomic mass is 9.50. The predicted molar refractivity (Wildman–Crippen MR) is 81.0 cm³/mol. The fourth-order valence-electron chi connectivity index (χ4n) is 4.91. The number of hydrogen-bond donors (Lipinski definition) is 2. The second-order valence-corrected chi connectivity index (χ2v) is 7.01. The largest absolute Gasteiger partial charge is 0.508 e. The fourth-order valence-corrected chi connectivity index (χ4v) is 4.91. The molecule has 0 saturated heterocycles. The van der Waals surface area contributed by atoms with E-state index in [0.717, 1.165) is 32.1 Å². The Morgan fingerprint density at radius 2 is 1.80 bits per heavy atom. The highest BCUT2D eigenvalue weighted by Crippen LogP contribution is 2.57. The van der Waals surface area contributed by atoms with E-state index in [1.54, 1.807) is 6.07 Å². The summed E-state index contributed by atoms with van der Waals surface area (Å²) in [6.07, 6.45) is 7.62. The van der Waals surface area contributed by atoms with E-state index in [-0.39, 0.29) is 5.41 Å². The number of aryl methyl sites for hydroxylation is 1. The second-order valence-electron chi connectivity index (χ2n) is 7.01. The number of hydrogen-bond acceptors (Lipinski definition) is 2. The predicted octanol–water partition coefficient (Wildman–Crippen LogP) is 4.06. The van der Waals surface area contributed by atoms with Gasteiger partial charge in [0.15, 0.2) is 0 Å². The zero-order valence-corrected chi connectivity index (χ0v) is 12.7. The van der Waals surface area contributed by atoms with E-state index in [1.165, 1.54) is 24.0 Å². The van der Waals surface area contributed by atoms with Gasteiger partial charge in [0.25, 0.3) is 0 Å². The van der Waals surface area contributed by atoms with Gasteiger partial charge in [0.2, 0.25) is 0 Å². The molecule has 0 bridgehead atoms. The lowest BCUT2D eigenvalue weighted by Gasteiger charge is -2.57. The number of fused-ring (bicyclic) bond motifs is 1. The van der Waals surface area contributed by atoms with Crippen LogP contribution in [0.5, 0.6) is 5.75 Å². The molecule has 0 spiro atoms. The molecule has 0 unspecified atom stereocenters. The minimum absolute atomic E-state index is 0.147. The molecule has 2 N–H and O–H groups in total. The lowest BCUT2D eigenvalue weighted by molar-refractivity contribution is -0.133. The van der Waals surface area contributed by atoms with Gasteiger partial charge in [0, 0.05) is 5.41 Å². The highest BCUT2D eigenvalue weighted by atomic mass is 16.3. The molecule has 2 aliphatic carbocycles. The van der Waals surface area contributed by atoms with Crippen molar-refractivity contribution in [3.63, 3.8) is 0 Å². The summed E-state index contributed by atoms with van der Waals surface area (Å²) in [5.74, 6) is 0.671. The number of benzene rings is 1. The molecule has 3 rings (SSSR count). The molecule has 0 amide bonds. The normalized spacial score (nSPS) is 37.5. The molecule has 2 nitrogen and oxygen atoms in total. The van der Waals surface area contributed by atoms with Crippen LogP contribution >= 0.6 is 0 Å². The SMILES string of the molecule is Cc1ccc(O)cc1[C@@]12CCCC[C@@]1(O)[C@@H](C)CCC2. The number of aliphatic hydroxyl groups is 1. The van der Waals surface area contributed by atoms with E-state index in [2.05, 4.69) is 13.8 Å². The van der Waals surface area contributed by atoms with Gasteiger partial charge < -0.3 is 10.2 Å². The summed E-state index contributed by atoms with van der Waals surface area (Å²) in [6, 6.07) is 5.65. The summed E-state index contributed by atoms with van der Waals surface area (Å²) >= 11 is 0. The van der Waals surface area contributed by atoms with Crippen molar-refractivity contribution in [2.24, 2.45) is 5.92 Å². The summed E-state index contributed by atoms with van der Waals surface area (Å²) in [6.45, 7) is 4.31. The van der Waals surface area contributed by atoms with Crippen molar-refractivity contribution < 1.29 is 10.2 Å². The molecule has 2 aliphatic rings. The zero-order valence-electron chi connectivity index (χ0n) is 12.7. The van der Waals surface area contributed by atoms with Gasteiger partial charge in [-0.1, -0.05) is 32.3 Å². The monoisotopic (exact) mass is 274 g/mol. The molecule has 0 aliphatic heterocycles. The highest BCUT2D eigenvalue weighted by Gasteiger charge is 2.57. The maximum Gasteiger partial charge on any atom is 0.115 e. The van der Waals surface area contributed by atoms with Crippen molar-refractivity contribution in [2.75, 3.05) is 0 Å². The Bertz CT molecular complexity index is 506. The van der Waals surface area contributed by atoms with E-state index in [0.29, 0.717) is 11.7 Å². The minimum Gasteiger partial charge on any atom is -0.508 e. The summed E-state index contributed by atoms with van der Waals surface area (Å²) in [7, 11) is 0. The van der Waals surface area contributed by atoms with E-state index >= 15 is 0 Å². The number of aromatic hydroxyl groups is 1. The van der Waals surface area contributed by atoms with Gasteiger partial charge in [-0.25, -0.2) is 0 Å². The standard InChI is InChI=1S/C18H26O2/c1-13-7-8-15(19)12-16(13)17-9-3-4-11-18(17,20)14(2)6-5-10-17/h7-8,12,14,19-20H,3-6,9-11H2,1-2H3/t14-,17-,18+/m0/s1. The molecular weight excluding hydrogens is 248 g/mol. The maximum absolute atomic E-state index is 11.5. The molecule has 1 aromatic rings. The van der Waals surface area contributed by atoms with Crippen LogP contribution in [0.3, 0.4) is 0 Å². The van der Waals surface area contributed by atoms with Crippen molar-refractivity contribution >= 4 is 0 Å². The Morgan fingerprint density at radius 3 is 2.60 bits per heavy atom. The van der Waals surface area contributed by atoms with Gasteiger partial charge in [-0.3, -0.25) is 0 Å². The van der Waals surface area contributed by atoms with Crippen LogP contribution < -0.4 is 0 Å². The van der Waals surface area contributed by atoms with E-state index in [9.17, 15) is 10.2 Å². The summed E-state index contributed by atoms with van der Waals surface area (Å²) in [5, 5.41) is 21.4. The number of rotatable bonds is 1. The van der Waals surface area contributed by atoms with Gasteiger partial charge in [0.1, 0.15) is 5.75 Å². The average Bonchev–Trinajstić information content (AvgIpc) is 2.43. The Morgan fingerprint density at radius 1 is 1.10 bits per heavy atom. The van der Waals surface area contributed by atoms with Gasteiger partial charge in [-0.15, -0.1) is 0 Å². The molecule has 20 heavy (non-hydrogen) atoms. The molecule has 2 fully saturated rings. The quantitative estimate of drug-likeness (QED) is 0.810. The van der Waals surface area contributed by atoms with Crippen molar-refractivity contribution in [3.8, 4) is 5.75 Å². The summed E-state index contributed by atoms with van der Waals surface area (Å²) in [4.78, 5) is 0. The van der Waals surface area contributed by atoms with Gasteiger partial charge >= 0.3 is 0 Å². The van der Waals surface area contributed by atoms with Crippen molar-refractivity contribution in [2.45, 2.75) is 69.8 Å². The highest BCUT2D eigenvalue weighted by molar-refractivity contribution is 5.43. The topological polar surface area (TPSA) is 40.5 Å². The van der Waals surface area contributed by atoms with Crippen LogP contribution in [0, 0.1) is 12.8 Å². The molecule has 2 saturated carbocycles. The fraction of sp³-hybridized carbons (Fsp3) is 0.667. The Labute approximate surface area is 121 Å². The van der Waals surface area contributed by atoms with Crippen LogP contribution in [0.15, 0.2) is 18.2 Å². The third-order valence-electron chi connectivity index (χ3n) is 6.03. The van der Waals surface area contributed by atoms with E-state index in [4.69, 9.17) is 0 Å². The first-order valence-corrected chi connectivity index (χ1v) is 8.02. The molecule has 0 heterocycles. The zero-order chi connectivity index (χ0) is 14.4. The van der Waals surface area contributed by atoms with Crippen molar-refractivity contribution in [3.05, 3.63) is 29.3 Å². The Hall–Kier alpha value is -1.02. The minimum atomic E-state index is -0.595. The second kappa shape index (κ2) is 4.77. The van der Waals surface area contributed by atoms with Gasteiger partial charge in [-0.05, 0) is 61.8 Å². The molecular formula is C18H26O2. The van der Waals surface area contributed by atoms with Crippen molar-refractivity contribution in [1.29, 1.82) is 0 Å². The Kier molecular flexibility index (Phi) is 3.32. The molecule has 3 atom stereocenters. The maximum atomic E-state index is 11.5. The first kappa shape index (κ1) is 13.9. The van der Waals surface area contributed by atoms with E-state index < -0.39 is 5.60 Å². The average molecular weight is 274 g/mol. The van der Waals surface area contributed by atoms with Crippen molar-refractivity contribution in [1.82, 2.24) is 0 Å². The molecule has 1 aromatic carbocycles. The molecule has 0 radical (unpaired) electrons. The van der Waals surface area contributed by atoms with Gasteiger partial charge in [0.05, 0.1) is 5.60 Å². The third kappa shape index (κ3) is 1.81. The Balaban J connectivity index is 2.17. The number of phenols is 1. The van der Waals surface area contributed by atoms with Crippen LogP contribution in [-0.2, 0) is 5.41 Å². The first-order valence-electron chi connectivity index (χ1n) is 8.02. The van der Waals surface area contributed by atoms with Crippen LogP contribution in [0.2, 0.25) is 0 Å². The third-order valence-corrected chi connectivity index (χ3v) is 6.03. The summed E-state index contributed by atoms with van der Waals surface area (Å²) < 4.78 is 0. The van der Waals surface area contributed by atoms with Gasteiger partial charge in [-0.2, -0.15) is 0 Å². The van der Waals surface area contributed by atoms with Crippen LogP contribution in [0.1, 0.15) is 63.0 Å². The van der Waals surface area contributed by atoms with Crippen LogP contribution in [0.25, 0.3) is 0 Å². The smallest absolute Gasteiger partial charge is 0.115 e. The van der Waals surface area contributed by atoms with E-state index in [1.807, 2.05) is 12.1 Å². The summed E-state index contributed by atoms with van der Waals surface area (Å²) in [5.41, 5.74) is 1.65. The van der Waals surface area contributed by atoms with Crippen LogP contribution in [0.4, 0.5) is 0 Å². The number of phenolic OH excluding ortho intramolecular Hbond substituents is 1. The lowest BCUT2D eigenvalue weighted by Crippen LogP contribution is -2.60. The first-order chi connectivity index (χ1) is 9.49. The molecule has 110 valence electrons. The molecule has 2 heteroatoms. The van der Waals surface area contributed by atoms with Crippen LogP contribution in [-0.4, -0.2) is 15.8 Å².